The summed E-state index contributed by atoms with van der Waals surface area (Å²) in [5.74, 6) is 0.565. The summed E-state index contributed by atoms with van der Waals surface area (Å²) >= 11 is 0. The molecule has 2 aromatic carbocycles. The zero-order chi connectivity index (χ0) is 23.0. The Morgan fingerprint density at radius 2 is 1.74 bits per heavy atom. The van der Waals surface area contributed by atoms with Gasteiger partial charge in [-0.15, -0.1) is 0 Å². The summed E-state index contributed by atoms with van der Waals surface area (Å²) in [6, 6.07) is 12.6. The van der Waals surface area contributed by atoms with Gasteiger partial charge >= 0.3 is 0 Å². The predicted octanol–water partition coefficient (Wildman–Crippen LogP) is 4.00. The van der Waals surface area contributed by atoms with Gasteiger partial charge in [-0.25, -0.2) is 8.42 Å². The lowest BCUT2D eigenvalue weighted by Gasteiger charge is -2.30. The van der Waals surface area contributed by atoms with Crippen molar-refractivity contribution in [1.82, 2.24) is 5.32 Å². The van der Waals surface area contributed by atoms with Crippen LogP contribution in [0.1, 0.15) is 43.4 Å². The number of nitrogens with one attached hydrogen (secondary N) is 1. The molecule has 6 nitrogen and oxygen atoms in total. The van der Waals surface area contributed by atoms with Gasteiger partial charge in [0.25, 0.3) is 0 Å². The van der Waals surface area contributed by atoms with E-state index in [1.54, 1.807) is 6.07 Å². The number of hydrogen-bond donors (Lipinski definition) is 1. The van der Waals surface area contributed by atoms with Crippen molar-refractivity contribution in [3.63, 3.8) is 0 Å². The minimum atomic E-state index is -3.63. The Balaban J connectivity index is 2.02. The quantitative estimate of drug-likeness (QED) is 0.530. The summed E-state index contributed by atoms with van der Waals surface area (Å²) < 4.78 is 31.8. The van der Waals surface area contributed by atoms with Crippen molar-refractivity contribution in [2.45, 2.75) is 53.0 Å². The normalized spacial score (nSPS) is 12.3. The van der Waals surface area contributed by atoms with Gasteiger partial charge in [-0.2, -0.15) is 0 Å². The van der Waals surface area contributed by atoms with Gasteiger partial charge < -0.3 is 10.1 Å². The van der Waals surface area contributed by atoms with Crippen LogP contribution in [0.15, 0.2) is 42.5 Å². The number of ether oxygens (including phenoxy) is 1. The summed E-state index contributed by atoms with van der Waals surface area (Å²) in [6.45, 7) is 8.79. The van der Waals surface area contributed by atoms with Gasteiger partial charge in [0.1, 0.15) is 11.8 Å². The van der Waals surface area contributed by atoms with Crippen LogP contribution < -0.4 is 14.4 Å². The molecule has 170 valence electrons. The molecular formula is C24H34N2O4S. The minimum absolute atomic E-state index is 0.280. The largest absolute Gasteiger partial charge is 0.494 e. The number of rotatable bonds is 11. The van der Waals surface area contributed by atoms with Crippen molar-refractivity contribution in [2.75, 3.05) is 23.7 Å². The molecule has 0 aromatic heterocycles. The van der Waals surface area contributed by atoms with Crippen LogP contribution in [-0.2, 0) is 21.2 Å². The third-order valence-corrected chi connectivity index (χ3v) is 6.43. The highest BCUT2D eigenvalue weighted by Crippen LogP contribution is 2.25. The summed E-state index contributed by atoms with van der Waals surface area (Å²) in [4.78, 5) is 12.9. The smallest absolute Gasteiger partial charge is 0.243 e. The fourth-order valence-corrected chi connectivity index (χ4v) is 4.67. The van der Waals surface area contributed by atoms with Crippen molar-refractivity contribution >= 4 is 21.6 Å². The molecule has 1 atom stereocenters. The molecule has 0 aliphatic heterocycles. The van der Waals surface area contributed by atoms with Gasteiger partial charge in [0, 0.05) is 6.54 Å². The number of carbonyl (C=O) groups excluding carboxylic acids is 1. The van der Waals surface area contributed by atoms with E-state index in [0.29, 0.717) is 25.3 Å². The van der Waals surface area contributed by atoms with Crippen molar-refractivity contribution in [3.05, 3.63) is 59.2 Å². The van der Waals surface area contributed by atoms with Crippen LogP contribution in [0.3, 0.4) is 0 Å². The Labute approximate surface area is 186 Å². The number of sulfonamides is 1. The van der Waals surface area contributed by atoms with E-state index in [1.807, 2.05) is 64.1 Å². The van der Waals surface area contributed by atoms with Crippen molar-refractivity contribution in [3.8, 4) is 5.75 Å². The zero-order valence-corrected chi connectivity index (χ0v) is 20.0. The fourth-order valence-electron chi connectivity index (χ4n) is 3.46. The standard InChI is InChI=1S/C24H34N2O4S/c1-6-23(26(31(5,28)29)21-13-10-18(3)19(4)17-21)24(27)25-16-8-9-20-11-14-22(15-12-20)30-7-2/h10-15,17,23H,6-9,16H2,1-5H3,(H,25,27)/t23-/m0/s1. The second-order valence-corrected chi connectivity index (χ2v) is 9.58. The lowest BCUT2D eigenvalue weighted by molar-refractivity contribution is -0.122. The minimum Gasteiger partial charge on any atom is -0.494 e. The molecule has 0 bridgehead atoms. The average Bonchev–Trinajstić information content (AvgIpc) is 2.72. The van der Waals surface area contributed by atoms with Crippen molar-refractivity contribution < 1.29 is 17.9 Å². The summed E-state index contributed by atoms with van der Waals surface area (Å²) in [5.41, 5.74) is 3.74. The van der Waals surface area contributed by atoms with Crippen LogP contribution in [0.4, 0.5) is 5.69 Å². The first-order chi connectivity index (χ1) is 14.7. The maximum Gasteiger partial charge on any atom is 0.243 e. The third-order valence-electron chi connectivity index (χ3n) is 5.25. The average molecular weight is 447 g/mol. The second kappa shape index (κ2) is 11.2. The van der Waals surface area contributed by atoms with E-state index in [4.69, 9.17) is 4.74 Å². The molecule has 0 spiro atoms. The van der Waals surface area contributed by atoms with Crippen molar-refractivity contribution in [2.24, 2.45) is 0 Å². The molecule has 0 unspecified atom stereocenters. The highest BCUT2D eigenvalue weighted by atomic mass is 32.2. The molecule has 0 fully saturated rings. The highest BCUT2D eigenvalue weighted by molar-refractivity contribution is 7.92. The number of aryl methyl sites for hydroxylation is 3. The molecular weight excluding hydrogens is 412 g/mol. The van der Waals surface area contributed by atoms with Crippen molar-refractivity contribution in [1.29, 1.82) is 0 Å². The number of anilines is 1. The lowest BCUT2D eigenvalue weighted by Crippen LogP contribution is -2.49. The Hall–Kier alpha value is -2.54. The van der Waals surface area contributed by atoms with E-state index in [-0.39, 0.29) is 5.91 Å². The first-order valence-electron chi connectivity index (χ1n) is 10.7. The van der Waals surface area contributed by atoms with Gasteiger partial charge in [0.15, 0.2) is 0 Å². The Bertz CT molecular complexity index is 972. The van der Waals surface area contributed by atoms with Crippen LogP contribution in [0.5, 0.6) is 5.75 Å². The number of nitrogens with zero attached hydrogens (tertiary/aromatic N) is 1. The van der Waals surface area contributed by atoms with E-state index in [2.05, 4.69) is 5.32 Å². The van der Waals surface area contributed by atoms with E-state index >= 15 is 0 Å². The molecule has 2 rings (SSSR count). The molecule has 0 saturated carbocycles. The lowest BCUT2D eigenvalue weighted by atomic mass is 10.1. The maximum atomic E-state index is 12.9. The number of benzene rings is 2. The molecule has 0 aliphatic carbocycles. The van der Waals surface area contributed by atoms with E-state index < -0.39 is 16.1 Å². The summed E-state index contributed by atoms with van der Waals surface area (Å²) in [7, 11) is -3.63. The highest BCUT2D eigenvalue weighted by Gasteiger charge is 2.31. The van der Waals surface area contributed by atoms with Gasteiger partial charge in [0.05, 0.1) is 18.6 Å². The Morgan fingerprint density at radius 1 is 1.06 bits per heavy atom. The van der Waals surface area contributed by atoms with E-state index in [0.717, 1.165) is 41.5 Å². The van der Waals surface area contributed by atoms with Crippen LogP contribution in [0.2, 0.25) is 0 Å². The van der Waals surface area contributed by atoms with Gasteiger partial charge in [-0.1, -0.05) is 25.1 Å². The molecule has 0 heterocycles. The van der Waals surface area contributed by atoms with Crippen LogP contribution in [0, 0.1) is 13.8 Å². The first-order valence-corrected chi connectivity index (χ1v) is 12.6. The maximum absolute atomic E-state index is 12.9. The molecule has 1 N–H and O–H groups in total. The SMILES string of the molecule is CCOc1ccc(CCCNC(=O)[C@H](CC)N(c2ccc(C)c(C)c2)S(C)(=O)=O)cc1. The molecule has 31 heavy (non-hydrogen) atoms. The third kappa shape index (κ3) is 6.99. The zero-order valence-electron chi connectivity index (χ0n) is 19.1. The number of amides is 1. The molecule has 0 aliphatic rings. The second-order valence-electron chi connectivity index (χ2n) is 7.72. The predicted molar refractivity (Wildman–Crippen MR) is 126 cm³/mol. The number of hydrogen-bond acceptors (Lipinski definition) is 4. The summed E-state index contributed by atoms with van der Waals surface area (Å²) in [5, 5.41) is 2.91. The van der Waals surface area contributed by atoms with Gasteiger partial charge in [-0.05, 0) is 81.0 Å². The van der Waals surface area contributed by atoms with Crippen LogP contribution >= 0.6 is 0 Å². The molecule has 0 saturated heterocycles. The Kier molecular flexibility index (Phi) is 8.92. The van der Waals surface area contributed by atoms with Gasteiger partial charge in [-0.3, -0.25) is 9.10 Å². The summed E-state index contributed by atoms with van der Waals surface area (Å²) in [6.07, 6.45) is 3.10. The number of carbonyl (C=O) groups is 1. The van der Waals surface area contributed by atoms with Gasteiger partial charge in [0.2, 0.25) is 15.9 Å². The van der Waals surface area contributed by atoms with E-state index in [9.17, 15) is 13.2 Å². The van der Waals surface area contributed by atoms with E-state index in [1.165, 1.54) is 4.31 Å². The van der Waals surface area contributed by atoms with Crippen LogP contribution in [-0.4, -0.2) is 39.8 Å². The molecule has 0 radical (unpaired) electrons. The topological polar surface area (TPSA) is 75.7 Å². The first kappa shape index (κ1) is 24.7. The monoisotopic (exact) mass is 446 g/mol. The molecule has 1 amide bonds. The van der Waals surface area contributed by atoms with Crippen LogP contribution in [0.25, 0.3) is 0 Å². The molecule has 2 aromatic rings. The molecule has 7 heteroatoms. The fraction of sp³-hybridized carbons (Fsp3) is 0.458. The Morgan fingerprint density at radius 3 is 2.29 bits per heavy atom.